The standard InChI is InChI=1S/C9H10N2O/c10-8-7-4-2-1-3-6(7)5-11-9(8)12/h1-4,8H,5,10H2,(H,11,12)/t8-/m1/s1. The molecule has 0 aliphatic carbocycles. The van der Waals surface area contributed by atoms with Crippen LogP contribution in [0.15, 0.2) is 24.3 Å². The molecule has 1 atom stereocenters. The van der Waals surface area contributed by atoms with Crippen LogP contribution in [-0.4, -0.2) is 5.91 Å². The summed E-state index contributed by atoms with van der Waals surface area (Å²) in [5.74, 6) is -0.0892. The summed E-state index contributed by atoms with van der Waals surface area (Å²) in [6.45, 7) is 0.600. The van der Waals surface area contributed by atoms with Gasteiger partial charge in [-0.1, -0.05) is 24.3 Å². The fourth-order valence-electron chi connectivity index (χ4n) is 1.43. The number of benzene rings is 1. The maximum Gasteiger partial charge on any atom is 0.241 e. The summed E-state index contributed by atoms with van der Waals surface area (Å²) in [4.78, 5) is 11.1. The summed E-state index contributed by atoms with van der Waals surface area (Å²) in [5.41, 5.74) is 7.74. The molecular formula is C9H10N2O. The molecule has 0 fully saturated rings. The Kier molecular flexibility index (Phi) is 1.59. The molecule has 0 saturated heterocycles. The Balaban J connectivity index is 2.48. The van der Waals surface area contributed by atoms with Gasteiger partial charge in [0.1, 0.15) is 6.04 Å². The van der Waals surface area contributed by atoms with Gasteiger partial charge in [0.15, 0.2) is 0 Å². The second-order valence-corrected chi connectivity index (χ2v) is 2.89. The molecule has 0 saturated carbocycles. The molecule has 1 aromatic rings. The van der Waals surface area contributed by atoms with E-state index in [4.69, 9.17) is 5.73 Å². The van der Waals surface area contributed by atoms with Crippen molar-refractivity contribution in [2.75, 3.05) is 0 Å². The van der Waals surface area contributed by atoms with Crippen LogP contribution in [0, 0.1) is 0 Å². The Hall–Kier alpha value is -1.35. The van der Waals surface area contributed by atoms with Gasteiger partial charge in [0, 0.05) is 6.54 Å². The smallest absolute Gasteiger partial charge is 0.241 e. The van der Waals surface area contributed by atoms with Crippen molar-refractivity contribution in [2.24, 2.45) is 5.73 Å². The van der Waals surface area contributed by atoms with Gasteiger partial charge in [0.25, 0.3) is 0 Å². The van der Waals surface area contributed by atoms with Crippen LogP contribution >= 0.6 is 0 Å². The second kappa shape index (κ2) is 2.60. The molecule has 3 heteroatoms. The number of nitrogens with two attached hydrogens (primary N) is 1. The molecule has 1 aliphatic rings. The lowest BCUT2D eigenvalue weighted by atomic mass is 9.97. The predicted molar refractivity (Wildman–Crippen MR) is 45.2 cm³/mol. The van der Waals surface area contributed by atoms with E-state index in [2.05, 4.69) is 5.32 Å². The molecule has 3 nitrogen and oxygen atoms in total. The van der Waals surface area contributed by atoms with Crippen LogP contribution in [0.3, 0.4) is 0 Å². The topological polar surface area (TPSA) is 55.1 Å². The molecule has 0 aromatic heterocycles. The van der Waals surface area contributed by atoms with Crippen molar-refractivity contribution >= 4 is 5.91 Å². The van der Waals surface area contributed by atoms with E-state index >= 15 is 0 Å². The van der Waals surface area contributed by atoms with Gasteiger partial charge in [-0.3, -0.25) is 4.79 Å². The molecule has 0 spiro atoms. The fraction of sp³-hybridized carbons (Fsp3) is 0.222. The average molecular weight is 162 g/mol. The summed E-state index contributed by atoms with van der Waals surface area (Å²) >= 11 is 0. The maximum atomic E-state index is 11.1. The largest absolute Gasteiger partial charge is 0.350 e. The molecule has 3 N–H and O–H groups in total. The Morgan fingerprint density at radius 1 is 1.42 bits per heavy atom. The van der Waals surface area contributed by atoms with E-state index in [9.17, 15) is 4.79 Å². The second-order valence-electron chi connectivity index (χ2n) is 2.89. The monoisotopic (exact) mass is 162 g/mol. The van der Waals surface area contributed by atoms with Crippen molar-refractivity contribution in [1.82, 2.24) is 5.32 Å². The number of carbonyl (C=O) groups is 1. The van der Waals surface area contributed by atoms with Gasteiger partial charge in [-0.15, -0.1) is 0 Å². The maximum absolute atomic E-state index is 11.1. The zero-order valence-electron chi connectivity index (χ0n) is 6.58. The summed E-state index contributed by atoms with van der Waals surface area (Å²) in [5, 5.41) is 2.72. The molecule has 2 rings (SSSR count). The third kappa shape index (κ3) is 0.987. The highest BCUT2D eigenvalue weighted by Crippen LogP contribution is 2.19. The SMILES string of the molecule is N[C@H]1C(=O)NCc2ccccc21. The van der Waals surface area contributed by atoms with Gasteiger partial charge in [-0.2, -0.15) is 0 Å². The van der Waals surface area contributed by atoms with Crippen LogP contribution in [0.25, 0.3) is 0 Å². The van der Waals surface area contributed by atoms with E-state index in [1.807, 2.05) is 24.3 Å². The Bertz CT molecular complexity index is 322. The first-order valence-electron chi connectivity index (χ1n) is 3.90. The summed E-state index contributed by atoms with van der Waals surface area (Å²) < 4.78 is 0. The highest BCUT2D eigenvalue weighted by atomic mass is 16.2. The molecular weight excluding hydrogens is 152 g/mol. The van der Waals surface area contributed by atoms with Gasteiger partial charge >= 0.3 is 0 Å². The molecule has 1 aromatic carbocycles. The van der Waals surface area contributed by atoms with Crippen LogP contribution in [0.5, 0.6) is 0 Å². The van der Waals surface area contributed by atoms with Crippen LogP contribution in [-0.2, 0) is 11.3 Å². The molecule has 0 unspecified atom stereocenters. The number of rotatable bonds is 0. The quantitative estimate of drug-likeness (QED) is 0.577. The van der Waals surface area contributed by atoms with E-state index in [0.717, 1.165) is 11.1 Å². The summed E-state index contributed by atoms with van der Waals surface area (Å²) in [7, 11) is 0. The number of carbonyl (C=O) groups excluding carboxylic acids is 1. The number of hydrogen-bond donors (Lipinski definition) is 2. The highest BCUT2D eigenvalue weighted by molar-refractivity contribution is 5.84. The van der Waals surface area contributed by atoms with E-state index in [1.165, 1.54) is 0 Å². The first-order valence-corrected chi connectivity index (χ1v) is 3.90. The average Bonchev–Trinajstić information content (AvgIpc) is 2.12. The minimum atomic E-state index is -0.491. The molecule has 0 radical (unpaired) electrons. The lowest BCUT2D eigenvalue weighted by Crippen LogP contribution is -2.38. The Labute approximate surface area is 70.6 Å². The first kappa shape index (κ1) is 7.31. The minimum absolute atomic E-state index is 0.0892. The number of amides is 1. The number of hydrogen-bond acceptors (Lipinski definition) is 2. The van der Waals surface area contributed by atoms with E-state index in [1.54, 1.807) is 0 Å². The molecule has 1 heterocycles. The third-order valence-corrected chi connectivity index (χ3v) is 2.13. The van der Waals surface area contributed by atoms with Crippen LogP contribution in [0.2, 0.25) is 0 Å². The lowest BCUT2D eigenvalue weighted by Gasteiger charge is -2.21. The van der Waals surface area contributed by atoms with E-state index < -0.39 is 6.04 Å². The van der Waals surface area contributed by atoms with Crippen LogP contribution < -0.4 is 11.1 Å². The predicted octanol–water partition coefficient (Wildman–Crippen LogP) is 0.316. The van der Waals surface area contributed by atoms with Crippen LogP contribution in [0.4, 0.5) is 0 Å². The van der Waals surface area contributed by atoms with Crippen molar-refractivity contribution in [3.05, 3.63) is 35.4 Å². The van der Waals surface area contributed by atoms with Crippen molar-refractivity contribution in [1.29, 1.82) is 0 Å². The number of fused-ring (bicyclic) bond motifs is 1. The summed E-state index contributed by atoms with van der Waals surface area (Å²) in [6.07, 6.45) is 0. The Morgan fingerprint density at radius 2 is 2.17 bits per heavy atom. The van der Waals surface area contributed by atoms with Crippen molar-refractivity contribution < 1.29 is 4.79 Å². The zero-order chi connectivity index (χ0) is 8.55. The van der Waals surface area contributed by atoms with Crippen LogP contribution in [0.1, 0.15) is 17.2 Å². The molecule has 12 heavy (non-hydrogen) atoms. The third-order valence-electron chi connectivity index (χ3n) is 2.13. The fourth-order valence-corrected chi connectivity index (χ4v) is 1.43. The van der Waals surface area contributed by atoms with Gasteiger partial charge in [0.2, 0.25) is 5.91 Å². The van der Waals surface area contributed by atoms with Crippen molar-refractivity contribution in [3.63, 3.8) is 0 Å². The summed E-state index contributed by atoms with van der Waals surface area (Å²) in [6, 6.07) is 7.24. The van der Waals surface area contributed by atoms with Crippen molar-refractivity contribution in [2.45, 2.75) is 12.6 Å². The lowest BCUT2D eigenvalue weighted by molar-refractivity contribution is -0.123. The molecule has 1 aliphatic heterocycles. The highest BCUT2D eigenvalue weighted by Gasteiger charge is 2.22. The van der Waals surface area contributed by atoms with Gasteiger partial charge in [0.05, 0.1) is 0 Å². The molecule has 1 amide bonds. The zero-order valence-corrected chi connectivity index (χ0v) is 6.58. The van der Waals surface area contributed by atoms with Gasteiger partial charge in [-0.25, -0.2) is 0 Å². The number of nitrogens with one attached hydrogen (secondary N) is 1. The first-order chi connectivity index (χ1) is 5.79. The minimum Gasteiger partial charge on any atom is -0.350 e. The molecule has 0 bridgehead atoms. The van der Waals surface area contributed by atoms with Gasteiger partial charge < -0.3 is 11.1 Å². The van der Waals surface area contributed by atoms with Crippen molar-refractivity contribution in [3.8, 4) is 0 Å². The normalized spacial score (nSPS) is 21.4. The van der Waals surface area contributed by atoms with E-state index in [0.29, 0.717) is 6.54 Å². The van der Waals surface area contributed by atoms with E-state index in [-0.39, 0.29) is 5.91 Å². The Morgan fingerprint density at radius 3 is 3.00 bits per heavy atom. The molecule has 62 valence electrons. The van der Waals surface area contributed by atoms with Gasteiger partial charge in [-0.05, 0) is 11.1 Å².